The van der Waals surface area contributed by atoms with Gasteiger partial charge in [0.25, 0.3) is 0 Å². The minimum absolute atomic E-state index is 0.0412. The van der Waals surface area contributed by atoms with Crippen LogP contribution in [0.5, 0.6) is 11.5 Å². The van der Waals surface area contributed by atoms with Gasteiger partial charge in [-0.1, -0.05) is 40.9 Å². The molecule has 0 saturated heterocycles. The average Bonchev–Trinajstić information content (AvgIpc) is 3.13. The van der Waals surface area contributed by atoms with Crippen LogP contribution in [0.4, 0.5) is 5.69 Å². The number of nitrogens with one attached hydrogen (secondary N) is 1. The molecule has 0 aromatic heterocycles. The van der Waals surface area contributed by atoms with Crippen molar-refractivity contribution in [3.63, 3.8) is 0 Å². The summed E-state index contributed by atoms with van der Waals surface area (Å²) in [6.07, 6.45) is 3.87. The summed E-state index contributed by atoms with van der Waals surface area (Å²) >= 11 is 3.47. The number of methoxy groups -OCH3 is 2. The van der Waals surface area contributed by atoms with Crippen molar-refractivity contribution in [2.75, 3.05) is 19.5 Å². The zero-order chi connectivity index (χ0) is 17.9. The first-order valence-electron chi connectivity index (χ1n) is 8.38. The van der Waals surface area contributed by atoms with Gasteiger partial charge in [-0.25, -0.2) is 0 Å². The van der Waals surface area contributed by atoms with Crippen LogP contribution >= 0.6 is 15.9 Å². The van der Waals surface area contributed by atoms with Gasteiger partial charge in [0.1, 0.15) is 0 Å². The molecule has 0 aliphatic heterocycles. The maximum absolute atomic E-state index is 13.2. The molecule has 0 atom stereocenters. The maximum atomic E-state index is 13.2. The number of anilines is 1. The number of hydrogen-bond acceptors (Lipinski definition) is 3. The third-order valence-corrected chi connectivity index (χ3v) is 5.46. The first kappa shape index (κ1) is 17.8. The topological polar surface area (TPSA) is 47.6 Å². The Bertz CT molecular complexity index is 752. The Morgan fingerprint density at radius 3 is 2.24 bits per heavy atom. The lowest BCUT2D eigenvalue weighted by Crippen LogP contribution is -2.37. The minimum Gasteiger partial charge on any atom is -0.493 e. The monoisotopic (exact) mass is 403 g/mol. The molecule has 0 bridgehead atoms. The molecule has 0 radical (unpaired) electrons. The third kappa shape index (κ3) is 3.52. The second kappa shape index (κ2) is 7.48. The number of halogens is 1. The summed E-state index contributed by atoms with van der Waals surface area (Å²) in [5, 5.41) is 3.08. The summed E-state index contributed by atoms with van der Waals surface area (Å²) in [6, 6.07) is 13.5. The van der Waals surface area contributed by atoms with Crippen LogP contribution in [0.1, 0.15) is 31.2 Å². The van der Waals surface area contributed by atoms with E-state index >= 15 is 0 Å². The fourth-order valence-electron chi connectivity index (χ4n) is 3.56. The maximum Gasteiger partial charge on any atom is 0.235 e. The second-order valence-electron chi connectivity index (χ2n) is 6.32. The molecule has 2 aromatic rings. The quantitative estimate of drug-likeness (QED) is 0.770. The van der Waals surface area contributed by atoms with E-state index in [4.69, 9.17) is 9.47 Å². The standard InChI is InChI=1S/C20H22BrNO3/c1-24-17-10-9-16(13-18(17)25-2)22-19(23)20(11-3-4-12-20)14-5-7-15(21)8-6-14/h5-10,13H,3-4,11-12H2,1-2H3,(H,22,23). The van der Waals surface area contributed by atoms with Crippen LogP contribution in [0.2, 0.25) is 0 Å². The lowest BCUT2D eigenvalue weighted by Gasteiger charge is -2.28. The summed E-state index contributed by atoms with van der Waals surface area (Å²) in [5.41, 5.74) is 1.32. The molecule has 25 heavy (non-hydrogen) atoms. The number of ether oxygens (including phenoxy) is 2. The van der Waals surface area contributed by atoms with E-state index in [-0.39, 0.29) is 5.91 Å². The molecule has 1 amide bonds. The summed E-state index contributed by atoms with van der Waals surface area (Å²) in [6.45, 7) is 0. The number of carbonyl (C=O) groups excluding carboxylic acids is 1. The molecular weight excluding hydrogens is 382 g/mol. The SMILES string of the molecule is COc1ccc(NC(=O)C2(c3ccc(Br)cc3)CCCC2)cc1OC. The highest BCUT2D eigenvalue weighted by atomic mass is 79.9. The molecule has 4 nitrogen and oxygen atoms in total. The largest absolute Gasteiger partial charge is 0.493 e. The molecule has 0 unspecified atom stereocenters. The van der Waals surface area contributed by atoms with Gasteiger partial charge in [-0.15, -0.1) is 0 Å². The molecule has 1 N–H and O–H groups in total. The van der Waals surface area contributed by atoms with Gasteiger partial charge in [0.05, 0.1) is 19.6 Å². The number of carbonyl (C=O) groups is 1. The molecule has 1 fully saturated rings. The van der Waals surface area contributed by atoms with Gasteiger partial charge in [-0.3, -0.25) is 4.79 Å². The molecule has 2 aromatic carbocycles. The predicted molar refractivity (Wildman–Crippen MR) is 102 cm³/mol. The predicted octanol–water partition coefficient (Wildman–Crippen LogP) is 4.92. The van der Waals surface area contributed by atoms with Crippen LogP contribution < -0.4 is 14.8 Å². The smallest absolute Gasteiger partial charge is 0.235 e. The Balaban J connectivity index is 1.88. The summed E-state index contributed by atoms with van der Waals surface area (Å²) in [7, 11) is 3.18. The van der Waals surface area contributed by atoms with Crippen molar-refractivity contribution in [2.45, 2.75) is 31.1 Å². The van der Waals surface area contributed by atoms with Crippen molar-refractivity contribution in [3.05, 3.63) is 52.5 Å². The Morgan fingerprint density at radius 1 is 1.00 bits per heavy atom. The molecule has 0 spiro atoms. The van der Waals surface area contributed by atoms with E-state index in [2.05, 4.69) is 21.2 Å². The highest BCUT2D eigenvalue weighted by Crippen LogP contribution is 2.42. The Kier molecular flexibility index (Phi) is 5.33. The van der Waals surface area contributed by atoms with E-state index in [9.17, 15) is 4.79 Å². The Hall–Kier alpha value is -2.01. The highest BCUT2D eigenvalue weighted by molar-refractivity contribution is 9.10. The average molecular weight is 404 g/mol. The van der Waals surface area contributed by atoms with Gasteiger partial charge in [0, 0.05) is 16.2 Å². The number of benzene rings is 2. The first-order valence-corrected chi connectivity index (χ1v) is 9.18. The third-order valence-electron chi connectivity index (χ3n) is 4.93. The van der Waals surface area contributed by atoms with Crippen molar-refractivity contribution < 1.29 is 14.3 Å². The van der Waals surface area contributed by atoms with Gasteiger partial charge in [-0.2, -0.15) is 0 Å². The van der Waals surface area contributed by atoms with Crippen molar-refractivity contribution in [1.82, 2.24) is 0 Å². The fourth-order valence-corrected chi connectivity index (χ4v) is 3.82. The lowest BCUT2D eigenvalue weighted by atomic mass is 9.78. The van der Waals surface area contributed by atoms with E-state index < -0.39 is 5.41 Å². The molecule has 1 aliphatic rings. The first-order chi connectivity index (χ1) is 12.1. The summed E-state index contributed by atoms with van der Waals surface area (Å²) in [4.78, 5) is 13.2. The van der Waals surface area contributed by atoms with Crippen LogP contribution in [0, 0.1) is 0 Å². The molecule has 0 heterocycles. The summed E-state index contributed by atoms with van der Waals surface area (Å²) in [5.74, 6) is 1.29. The molecule has 1 aliphatic carbocycles. The van der Waals surface area contributed by atoms with Gasteiger partial charge < -0.3 is 14.8 Å². The van der Waals surface area contributed by atoms with Crippen molar-refractivity contribution in [1.29, 1.82) is 0 Å². The zero-order valence-corrected chi connectivity index (χ0v) is 16.1. The normalized spacial score (nSPS) is 15.6. The van der Waals surface area contributed by atoms with Crippen molar-refractivity contribution in [3.8, 4) is 11.5 Å². The van der Waals surface area contributed by atoms with Crippen molar-refractivity contribution >= 4 is 27.5 Å². The lowest BCUT2D eigenvalue weighted by molar-refractivity contribution is -0.121. The molecule has 5 heteroatoms. The number of amides is 1. The van der Waals surface area contributed by atoms with Crippen LogP contribution in [0.25, 0.3) is 0 Å². The van der Waals surface area contributed by atoms with Crippen molar-refractivity contribution in [2.24, 2.45) is 0 Å². The second-order valence-corrected chi connectivity index (χ2v) is 7.24. The fraction of sp³-hybridized carbons (Fsp3) is 0.350. The molecular formula is C20H22BrNO3. The molecule has 132 valence electrons. The van der Waals surface area contributed by atoms with Gasteiger partial charge >= 0.3 is 0 Å². The zero-order valence-electron chi connectivity index (χ0n) is 14.5. The van der Waals surface area contributed by atoms with E-state index in [1.807, 2.05) is 30.3 Å². The van der Waals surface area contributed by atoms with Crippen LogP contribution in [0.3, 0.4) is 0 Å². The minimum atomic E-state index is -0.464. The van der Waals surface area contributed by atoms with E-state index in [1.165, 1.54) is 0 Å². The van der Waals surface area contributed by atoms with E-state index in [1.54, 1.807) is 26.4 Å². The van der Waals surface area contributed by atoms with Crippen LogP contribution in [0.15, 0.2) is 46.9 Å². The highest BCUT2D eigenvalue weighted by Gasteiger charge is 2.42. The van der Waals surface area contributed by atoms with Gasteiger partial charge in [0.15, 0.2) is 11.5 Å². The molecule has 1 saturated carbocycles. The van der Waals surface area contributed by atoms with Gasteiger partial charge in [0.2, 0.25) is 5.91 Å². The van der Waals surface area contributed by atoms with Crippen LogP contribution in [-0.2, 0) is 10.2 Å². The van der Waals surface area contributed by atoms with Gasteiger partial charge in [-0.05, 0) is 42.7 Å². The Labute approximate surface area is 156 Å². The van der Waals surface area contributed by atoms with E-state index in [0.717, 1.165) is 35.7 Å². The number of hydrogen-bond donors (Lipinski definition) is 1. The molecule has 3 rings (SSSR count). The summed E-state index contributed by atoms with van der Waals surface area (Å²) < 4.78 is 11.6. The van der Waals surface area contributed by atoms with Crippen LogP contribution in [-0.4, -0.2) is 20.1 Å². The van der Waals surface area contributed by atoms with E-state index in [0.29, 0.717) is 17.2 Å². The number of rotatable bonds is 5. The Morgan fingerprint density at radius 2 is 1.64 bits per heavy atom.